The van der Waals surface area contributed by atoms with Crippen molar-refractivity contribution in [1.29, 1.82) is 0 Å². The van der Waals surface area contributed by atoms with E-state index < -0.39 is 0 Å². The van der Waals surface area contributed by atoms with E-state index in [0.717, 1.165) is 16.6 Å². The maximum absolute atomic E-state index is 12.0. The van der Waals surface area contributed by atoms with Crippen LogP contribution in [0.1, 0.15) is 18.7 Å². The fraction of sp³-hybridized carbons (Fsp3) is 0.267. The molecule has 1 fully saturated rings. The van der Waals surface area contributed by atoms with Gasteiger partial charge in [-0.3, -0.25) is 14.9 Å². The number of thioether (sulfide) groups is 1. The summed E-state index contributed by atoms with van der Waals surface area (Å²) in [5.41, 5.74) is 1.53. The number of aromatic nitrogens is 4. The Morgan fingerprint density at radius 3 is 2.91 bits per heavy atom. The Balaban J connectivity index is 1.82. The van der Waals surface area contributed by atoms with Gasteiger partial charge in [-0.25, -0.2) is 9.97 Å². The third kappa shape index (κ3) is 2.44. The minimum Gasteiger partial charge on any atom is -0.295 e. The van der Waals surface area contributed by atoms with Crippen LogP contribution in [0.5, 0.6) is 0 Å². The molecular weight excluding hydrogens is 314 g/mol. The van der Waals surface area contributed by atoms with Gasteiger partial charge >= 0.3 is 0 Å². The first-order chi connectivity index (χ1) is 11.1. The van der Waals surface area contributed by atoms with Crippen LogP contribution < -0.4 is 5.32 Å². The van der Waals surface area contributed by atoms with Crippen molar-refractivity contribution >= 4 is 40.1 Å². The van der Waals surface area contributed by atoms with Gasteiger partial charge in [0.25, 0.3) is 0 Å². The highest BCUT2D eigenvalue weighted by molar-refractivity contribution is 8.00. The smallest absolute Gasteiger partial charge is 0.240 e. The summed E-state index contributed by atoms with van der Waals surface area (Å²) in [5, 5.41) is 7.93. The molecule has 1 saturated heterocycles. The number of nitrogens with one attached hydrogen (secondary N) is 1. The molecule has 116 valence electrons. The van der Waals surface area contributed by atoms with Crippen LogP contribution in [0.2, 0.25) is 0 Å². The van der Waals surface area contributed by atoms with E-state index in [4.69, 9.17) is 0 Å². The molecule has 1 N–H and O–H groups in total. The predicted molar refractivity (Wildman–Crippen MR) is 85.1 cm³/mol. The van der Waals surface area contributed by atoms with Crippen molar-refractivity contribution in [3.8, 4) is 0 Å². The van der Waals surface area contributed by atoms with Crippen molar-refractivity contribution in [2.45, 2.75) is 30.2 Å². The molecule has 0 aliphatic carbocycles. The lowest BCUT2D eigenvalue weighted by Gasteiger charge is -2.19. The van der Waals surface area contributed by atoms with Gasteiger partial charge in [0.1, 0.15) is 5.82 Å². The number of carbonyl (C=O) groups excluding carboxylic acids is 2. The Labute approximate surface area is 135 Å². The Kier molecular flexibility index (Phi) is 3.26. The van der Waals surface area contributed by atoms with Crippen LogP contribution in [0.25, 0.3) is 16.6 Å². The fourth-order valence-corrected chi connectivity index (χ4v) is 3.66. The van der Waals surface area contributed by atoms with Crippen LogP contribution in [0.4, 0.5) is 0 Å². The maximum Gasteiger partial charge on any atom is 0.240 e. The summed E-state index contributed by atoms with van der Waals surface area (Å²) in [6, 6.07) is 7.70. The molecule has 2 aromatic heterocycles. The second kappa shape index (κ2) is 5.31. The molecule has 4 rings (SSSR count). The second-order valence-electron chi connectivity index (χ2n) is 5.36. The van der Waals surface area contributed by atoms with Gasteiger partial charge in [0.05, 0.1) is 10.8 Å². The highest BCUT2D eigenvalue weighted by atomic mass is 32.2. The van der Waals surface area contributed by atoms with Crippen molar-refractivity contribution in [3.05, 3.63) is 30.1 Å². The van der Waals surface area contributed by atoms with Crippen molar-refractivity contribution in [1.82, 2.24) is 24.9 Å². The topological polar surface area (TPSA) is 89.2 Å². The van der Waals surface area contributed by atoms with Gasteiger partial charge in [-0.2, -0.15) is 4.52 Å². The fourth-order valence-electron chi connectivity index (χ4n) is 2.62. The first-order valence-corrected chi connectivity index (χ1v) is 8.12. The summed E-state index contributed by atoms with van der Waals surface area (Å²) in [4.78, 5) is 32.4. The first kappa shape index (κ1) is 14.1. The number of imide groups is 1. The van der Waals surface area contributed by atoms with Crippen molar-refractivity contribution in [2.24, 2.45) is 0 Å². The molecule has 3 heterocycles. The Morgan fingerprint density at radius 2 is 2.09 bits per heavy atom. The summed E-state index contributed by atoms with van der Waals surface area (Å²) in [6.45, 7) is 1.82. The average Bonchev–Trinajstić information content (AvgIpc) is 2.92. The molecule has 2 amide bonds. The molecule has 0 spiro atoms. The normalized spacial score (nSPS) is 18.6. The third-order valence-corrected chi connectivity index (χ3v) is 4.90. The number of amides is 2. The lowest BCUT2D eigenvalue weighted by molar-refractivity contribution is -0.132. The zero-order valence-electron chi connectivity index (χ0n) is 12.3. The summed E-state index contributed by atoms with van der Waals surface area (Å²) in [5.74, 6) is 0.152. The van der Waals surface area contributed by atoms with Crippen LogP contribution in [0.15, 0.2) is 29.4 Å². The molecule has 3 aromatic rings. The lowest BCUT2D eigenvalue weighted by atomic mass is 10.1. The maximum atomic E-state index is 12.0. The molecule has 1 aromatic carbocycles. The molecule has 1 aliphatic heterocycles. The number of aryl methyl sites for hydroxylation is 1. The van der Waals surface area contributed by atoms with E-state index >= 15 is 0 Å². The van der Waals surface area contributed by atoms with Crippen LogP contribution in [-0.4, -0.2) is 36.6 Å². The monoisotopic (exact) mass is 327 g/mol. The number of nitrogens with zero attached hydrogens (tertiary/aromatic N) is 4. The highest BCUT2D eigenvalue weighted by Gasteiger charge is 2.29. The minimum absolute atomic E-state index is 0.222. The van der Waals surface area contributed by atoms with Crippen molar-refractivity contribution in [2.75, 3.05) is 0 Å². The van der Waals surface area contributed by atoms with Gasteiger partial charge < -0.3 is 0 Å². The van der Waals surface area contributed by atoms with Crippen molar-refractivity contribution < 1.29 is 9.59 Å². The SMILES string of the molecule is Cc1nc2c3ccccc3nc(SC3CCC(=O)NC3=O)n2n1. The molecule has 1 unspecified atom stereocenters. The van der Waals surface area contributed by atoms with E-state index in [-0.39, 0.29) is 17.1 Å². The summed E-state index contributed by atoms with van der Waals surface area (Å²) < 4.78 is 1.67. The lowest BCUT2D eigenvalue weighted by Crippen LogP contribution is -2.42. The second-order valence-corrected chi connectivity index (χ2v) is 6.53. The average molecular weight is 327 g/mol. The molecule has 7 nitrogen and oxygen atoms in total. The van der Waals surface area contributed by atoms with Crippen LogP contribution in [0, 0.1) is 6.92 Å². The Hall–Kier alpha value is -2.48. The Bertz CT molecular complexity index is 952. The van der Waals surface area contributed by atoms with Crippen LogP contribution >= 0.6 is 11.8 Å². The van der Waals surface area contributed by atoms with Gasteiger partial charge in [-0.15, -0.1) is 5.10 Å². The number of piperidine rings is 1. The summed E-state index contributed by atoms with van der Waals surface area (Å²) in [6.07, 6.45) is 0.843. The Morgan fingerprint density at radius 1 is 1.26 bits per heavy atom. The number of rotatable bonds is 2. The number of carbonyl (C=O) groups is 2. The number of para-hydroxylation sites is 1. The third-order valence-electron chi connectivity index (χ3n) is 3.69. The number of hydrogen-bond acceptors (Lipinski definition) is 6. The van der Waals surface area contributed by atoms with Crippen LogP contribution in [-0.2, 0) is 9.59 Å². The standard InChI is InChI=1S/C15H13N5O2S/c1-8-16-13-9-4-2-3-5-10(9)17-15(20(13)19-8)23-11-6-7-12(21)18-14(11)22/h2-5,11H,6-7H2,1H3,(H,18,21,22). The van der Waals surface area contributed by atoms with Gasteiger partial charge in [0, 0.05) is 11.8 Å². The molecule has 8 heteroatoms. The minimum atomic E-state index is -0.353. The van der Waals surface area contributed by atoms with Crippen molar-refractivity contribution in [3.63, 3.8) is 0 Å². The number of hydrogen-bond donors (Lipinski definition) is 1. The highest BCUT2D eigenvalue weighted by Crippen LogP contribution is 2.29. The number of fused-ring (bicyclic) bond motifs is 3. The van der Waals surface area contributed by atoms with E-state index in [1.807, 2.05) is 31.2 Å². The largest absolute Gasteiger partial charge is 0.295 e. The quantitative estimate of drug-likeness (QED) is 0.566. The molecule has 1 aliphatic rings. The molecule has 0 bridgehead atoms. The van der Waals surface area contributed by atoms with E-state index in [1.54, 1.807) is 4.52 Å². The van der Waals surface area contributed by atoms with Crippen LogP contribution in [0.3, 0.4) is 0 Å². The van der Waals surface area contributed by atoms with E-state index in [2.05, 4.69) is 20.4 Å². The summed E-state index contributed by atoms with van der Waals surface area (Å²) >= 11 is 1.32. The molecule has 23 heavy (non-hydrogen) atoms. The van der Waals surface area contributed by atoms with E-state index in [1.165, 1.54) is 11.8 Å². The molecule has 1 atom stereocenters. The van der Waals surface area contributed by atoms with Gasteiger partial charge in [0.2, 0.25) is 11.8 Å². The zero-order valence-corrected chi connectivity index (χ0v) is 13.1. The molecular formula is C15H13N5O2S. The molecule has 0 saturated carbocycles. The number of benzene rings is 1. The van der Waals surface area contributed by atoms with E-state index in [0.29, 0.717) is 23.8 Å². The summed E-state index contributed by atoms with van der Waals surface area (Å²) in [7, 11) is 0. The van der Waals surface area contributed by atoms with E-state index in [9.17, 15) is 9.59 Å². The predicted octanol–water partition coefficient (Wildman–Crippen LogP) is 1.48. The molecule has 0 radical (unpaired) electrons. The van der Waals surface area contributed by atoms with Gasteiger partial charge in [-0.1, -0.05) is 23.9 Å². The zero-order chi connectivity index (χ0) is 16.0. The van der Waals surface area contributed by atoms with Gasteiger partial charge in [-0.05, 0) is 25.5 Å². The first-order valence-electron chi connectivity index (χ1n) is 7.24. The van der Waals surface area contributed by atoms with Gasteiger partial charge in [0.15, 0.2) is 10.8 Å².